The van der Waals surface area contributed by atoms with E-state index in [2.05, 4.69) is 148 Å². The molecule has 4 fully saturated rings. The Bertz CT molecular complexity index is 2060. The first-order valence-corrected chi connectivity index (χ1v) is 19.1. The van der Waals surface area contributed by atoms with Gasteiger partial charge >= 0.3 is 0 Å². The van der Waals surface area contributed by atoms with Crippen LogP contribution in [-0.2, 0) is 16.2 Å². The fourth-order valence-corrected chi connectivity index (χ4v) is 12.0. The van der Waals surface area contributed by atoms with Crippen LogP contribution in [0.25, 0.3) is 22.3 Å². The fraction of sp³-hybridized carbons (Fsp3) is 0.375. The van der Waals surface area contributed by atoms with Crippen molar-refractivity contribution >= 4 is 17.1 Å². The molecule has 5 aromatic carbocycles. The highest BCUT2D eigenvalue weighted by atomic mass is 15.1. The zero-order valence-electron chi connectivity index (χ0n) is 29.7. The minimum absolute atomic E-state index is 0.133. The summed E-state index contributed by atoms with van der Waals surface area (Å²) in [5.74, 6) is 3.36. The molecule has 4 bridgehead atoms. The first-order valence-electron chi connectivity index (χ1n) is 19.1. The number of anilines is 3. The van der Waals surface area contributed by atoms with Gasteiger partial charge in [0.25, 0.3) is 0 Å². The molecule has 0 atom stereocenters. The molecule has 6 aliphatic rings. The summed E-state index contributed by atoms with van der Waals surface area (Å²) in [7, 11) is 0. The Kier molecular flexibility index (Phi) is 6.36. The van der Waals surface area contributed by atoms with Gasteiger partial charge in [0.05, 0.1) is 5.69 Å². The van der Waals surface area contributed by atoms with E-state index in [0.29, 0.717) is 0 Å². The highest BCUT2D eigenvalue weighted by Crippen LogP contribution is 2.70. The van der Waals surface area contributed by atoms with Gasteiger partial charge in [0, 0.05) is 22.4 Å². The second-order valence-electron chi connectivity index (χ2n) is 17.6. The highest BCUT2D eigenvalue weighted by molar-refractivity contribution is 6.01. The molecule has 0 heterocycles. The Morgan fingerprint density at radius 2 is 1.08 bits per heavy atom. The van der Waals surface area contributed by atoms with Crippen molar-refractivity contribution in [2.75, 3.05) is 4.90 Å². The van der Waals surface area contributed by atoms with Gasteiger partial charge in [-0.3, -0.25) is 0 Å². The molecular formula is C48H49N. The van der Waals surface area contributed by atoms with E-state index in [4.69, 9.17) is 0 Å². The van der Waals surface area contributed by atoms with Crippen molar-refractivity contribution < 1.29 is 0 Å². The van der Waals surface area contributed by atoms with E-state index >= 15 is 0 Å². The number of para-hydroxylation sites is 1. The molecule has 1 heteroatoms. The Hall–Kier alpha value is -4.10. The van der Waals surface area contributed by atoms with Crippen LogP contribution in [0.5, 0.6) is 0 Å². The van der Waals surface area contributed by atoms with Crippen LogP contribution in [0.15, 0.2) is 115 Å². The summed E-state index contributed by atoms with van der Waals surface area (Å²) < 4.78 is 0. The quantitative estimate of drug-likeness (QED) is 0.189. The first kappa shape index (κ1) is 29.8. The van der Waals surface area contributed by atoms with E-state index in [9.17, 15) is 0 Å². The maximum Gasteiger partial charge on any atom is 0.0546 e. The van der Waals surface area contributed by atoms with Crippen LogP contribution < -0.4 is 4.90 Å². The number of nitrogens with zero attached hydrogens (tertiary/aromatic N) is 1. The first-order chi connectivity index (χ1) is 23.8. The average Bonchev–Trinajstić information content (AvgIpc) is 3.41. The van der Waals surface area contributed by atoms with Crippen molar-refractivity contribution in [2.24, 2.45) is 23.7 Å². The Morgan fingerprint density at radius 1 is 0.490 bits per heavy atom. The zero-order valence-corrected chi connectivity index (χ0v) is 29.7. The van der Waals surface area contributed by atoms with Crippen LogP contribution in [0.2, 0.25) is 0 Å². The standard InChI is InChI=1S/C48H49N/c1-46(2)23-24-47(3,4)42-30-37(19-20-40(42)46)49(36-15-9-6-10-16-36)43-22-21-41-45(44(43)33-13-7-5-8-14-33)38-17-11-12-18-39(38)48(41)34-26-31-25-32(28-34)29-35(48)27-31/h5-22,30-32,34-35H,23-29H2,1-4H3. The number of fused-ring (bicyclic) bond motifs is 4. The van der Waals surface area contributed by atoms with Crippen LogP contribution in [0.3, 0.4) is 0 Å². The van der Waals surface area contributed by atoms with Crippen molar-refractivity contribution in [2.45, 2.75) is 88.9 Å². The van der Waals surface area contributed by atoms with Crippen LogP contribution in [0.4, 0.5) is 17.1 Å². The number of hydrogen-bond acceptors (Lipinski definition) is 1. The van der Waals surface area contributed by atoms with E-state index in [0.717, 1.165) is 23.7 Å². The molecule has 246 valence electrons. The predicted molar refractivity (Wildman–Crippen MR) is 205 cm³/mol. The summed E-state index contributed by atoms with van der Waals surface area (Å²) in [6.45, 7) is 9.76. The minimum atomic E-state index is 0.133. The van der Waals surface area contributed by atoms with E-state index < -0.39 is 0 Å². The molecule has 49 heavy (non-hydrogen) atoms. The van der Waals surface area contributed by atoms with Gasteiger partial charge in [-0.25, -0.2) is 0 Å². The SMILES string of the molecule is CC1(C)CCC(C)(C)c2cc(N(c3ccccc3)c3ccc4c(c3-c3ccccc3)-c3ccccc3C43C4CC5CC(C4)CC3C5)ccc21. The van der Waals surface area contributed by atoms with Gasteiger partial charge in [0.1, 0.15) is 0 Å². The number of benzene rings is 5. The normalized spacial score (nSPS) is 27.8. The maximum atomic E-state index is 2.60. The molecule has 5 aromatic rings. The second-order valence-corrected chi connectivity index (χ2v) is 17.6. The maximum absolute atomic E-state index is 2.60. The van der Waals surface area contributed by atoms with Crippen molar-refractivity contribution in [1.29, 1.82) is 0 Å². The third kappa shape index (κ3) is 4.17. The zero-order chi connectivity index (χ0) is 33.1. The summed E-state index contributed by atoms with van der Waals surface area (Å²) in [4.78, 5) is 2.57. The molecule has 0 amide bonds. The smallest absolute Gasteiger partial charge is 0.0546 e. The molecule has 1 spiro atoms. The van der Waals surface area contributed by atoms with Gasteiger partial charge in [-0.1, -0.05) is 113 Å². The minimum Gasteiger partial charge on any atom is -0.310 e. The van der Waals surface area contributed by atoms with Crippen molar-refractivity contribution in [1.82, 2.24) is 0 Å². The molecule has 11 rings (SSSR count). The van der Waals surface area contributed by atoms with Crippen molar-refractivity contribution in [3.05, 3.63) is 138 Å². The lowest BCUT2D eigenvalue weighted by molar-refractivity contribution is -0.0399. The van der Waals surface area contributed by atoms with Gasteiger partial charge in [0.2, 0.25) is 0 Å². The third-order valence-electron chi connectivity index (χ3n) is 14.1. The van der Waals surface area contributed by atoms with Crippen LogP contribution in [0.1, 0.15) is 94.9 Å². The molecule has 0 unspecified atom stereocenters. The predicted octanol–water partition coefficient (Wildman–Crippen LogP) is 12.9. The second kappa shape index (κ2) is 10.5. The van der Waals surface area contributed by atoms with E-state index in [1.165, 1.54) is 95.4 Å². The number of rotatable bonds is 4. The monoisotopic (exact) mass is 639 g/mol. The van der Waals surface area contributed by atoms with Gasteiger partial charge in [-0.2, -0.15) is 0 Å². The van der Waals surface area contributed by atoms with Crippen LogP contribution in [0, 0.1) is 23.7 Å². The molecule has 0 N–H and O–H groups in total. The van der Waals surface area contributed by atoms with Gasteiger partial charge in [0.15, 0.2) is 0 Å². The Morgan fingerprint density at radius 3 is 1.78 bits per heavy atom. The third-order valence-corrected chi connectivity index (χ3v) is 14.1. The summed E-state index contributed by atoms with van der Waals surface area (Å²) in [5, 5.41) is 0. The lowest BCUT2D eigenvalue weighted by Crippen LogP contribution is -2.55. The Labute approximate surface area is 293 Å². The summed E-state index contributed by atoms with van der Waals surface area (Å²) >= 11 is 0. The van der Waals surface area contributed by atoms with E-state index in [-0.39, 0.29) is 16.2 Å². The van der Waals surface area contributed by atoms with Crippen molar-refractivity contribution in [3.8, 4) is 22.3 Å². The van der Waals surface area contributed by atoms with Crippen molar-refractivity contribution in [3.63, 3.8) is 0 Å². The summed E-state index contributed by atoms with van der Waals surface area (Å²) in [5.41, 5.74) is 16.1. The largest absolute Gasteiger partial charge is 0.310 e. The molecule has 4 saturated carbocycles. The lowest BCUT2D eigenvalue weighted by atomic mass is 9.43. The summed E-state index contributed by atoms with van der Waals surface area (Å²) in [6, 6.07) is 44.6. The van der Waals surface area contributed by atoms with E-state index in [1.54, 1.807) is 11.1 Å². The van der Waals surface area contributed by atoms with Crippen LogP contribution >= 0.6 is 0 Å². The van der Waals surface area contributed by atoms with Gasteiger partial charge in [-0.15, -0.1) is 0 Å². The molecule has 0 aliphatic heterocycles. The van der Waals surface area contributed by atoms with Gasteiger partial charge < -0.3 is 4.90 Å². The molecule has 1 nitrogen and oxygen atoms in total. The van der Waals surface area contributed by atoms with E-state index in [1.807, 2.05) is 0 Å². The fourth-order valence-electron chi connectivity index (χ4n) is 12.0. The topological polar surface area (TPSA) is 3.24 Å². The van der Waals surface area contributed by atoms with Crippen LogP contribution in [-0.4, -0.2) is 0 Å². The lowest BCUT2D eigenvalue weighted by Gasteiger charge is -2.61. The Balaban J connectivity index is 1.26. The average molecular weight is 640 g/mol. The summed E-state index contributed by atoms with van der Waals surface area (Å²) in [6.07, 6.45) is 9.52. The highest BCUT2D eigenvalue weighted by Gasteiger charge is 2.62. The molecular weight excluding hydrogens is 591 g/mol. The molecule has 6 aliphatic carbocycles. The van der Waals surface area contributed by atoms with Gasteiger partial charge in [-0.05, 0) is 149 Å². The number of hydrogen-bond donors (Lipinski definition) is 0. The molecule has 0 aromatic heterocycles. The molecule has 0 radical (unpaired) electrons. The molecule has 0 saturated heterocycles.